The van der Waals surface area contributed by atoms with Gasteiger partial charge in [-0.25, -0.2) is 0 Å². The van der Waals surface area contributed by atoms with Crippen LogP contribution in [-0.2, 0) is 11.2 Å². The second kappa shape index (κ2) is 5.25. The van der Waals surface area contributed by atoms with Crippen molar-refractivity contribution in [2.45, 2.75) is 51.1 Å². The largest absolute Gasteiger partial charge is 0.335 e. The second-order valence-electron chi connectivity index (χ2n) is 5.79. The van der Waals surface area contributed by atoms with Gasteiger partial charge in [0.05, 0.1) is 6.04 Å². The van der Waals surface area contributed by atoms with E-state index in [0.717, 1.165) is 19.4 Å². The van der Waals surface area contributed by atoms with Crippen LogP contribution in [0.4, 0.5) is 0 Å². The summed E-state index contributed by atoms with van der Waals surface area (Å²) < 4.78 is 0. The molecule has 19 heavy (non-hydrogen) atoms. The molecule has 0 radical (unpaired) electrons. The molecule has 1 saturated carbocycles. The average molecular weight is 278 g/mol. The highest BCUT2D eigenvalue weighted by atomic mass is 32.1. The van der Waals surface area contributed by atoms with Crippen LogP contribution < -0.4 is 5.73 Å². The topological polar surface area (TPSA) is 46.3 Å². The van der Waals surface area contributed by atoms with Gasteiger partial charge in [0.1, 0.15) is 0 Å². The second-order valence-corrected chi connectivity index (χ2v) is 6.79. The summed E-state index contributed by atoms with van der Waals surface area (Å²) in [6, 6.07) is 2.57. The first-order chi connectivity index (χ1) is 9.20. The van der Waals surface area contributed by atoms with E-state index in [1.54, 1.807) is 0 Å². The highest BCUT2D eigenvalue weighted by Gasteiger charge is 2.41. The molecular formula is C15H22N2OS. The number of rotatable bonds is 4. The summed E-state index contributed by atoms with van der Waals surface area (Å²) in [5.74, 6) is 0.943. The van der Waals surface area contributed by atoms with Gasteiger partial charge in [0.2, 0.25) is 5.91 Å². The predicted molar refractivity (Wildman–Crippen MR) is 78.1 cm³/mol. The fraction of sp³-hybridized carbons (Fsp3) is 0.667. The third-order valence-corrected chi connectivity index (χ3v) is 5.36. The fourth-order valence-corrected chi connectivity index (χ4v) is 3.95. The lowest BCUT2D eigenvalue weighted by Crippen LogP contribution is -2.42. The Kier molecular flexibility index (Phi) is 3.63. The Morgan fingerprint density at radius 1 is 1.58 bits per heavy atom. The Morgan fingerprint density at radius 3 is 3.05 bits per heavy atom. The van der Waals surface area contributed by atoms with Gasteiger partial charge in [0, 0.05) is 23.9 Å². The van der Waals surface area contributed by atoms with Crippen LogP contribution in [0.3, 0.4) is 0 Å². The quantitative estimate of drug-likeness (QED) is 0.920. The van der Waals surface area contributed by atoms with Gasteiger partial charge in [0.25, 0.3) is 0 Å². The first-order valence-corrected chi connectivity index (χ1v) is 8.20. The van der Waals surface area contributed by atoms with Crippen molar-refractivity contribution in [2.24, 2.45) is 11.7 Å². The molecule has 1 aromatic rings. The minimum Gasteiger partial charge on any atom is -0.335 e. The molecule has 0 bridgehead atoms. The SMILES string of the molecule is CCC(N)CC(=O)N1CCc2sccc2C1C1CC1. The van der Waals surface area contributed by atoms with Gasteiger partial charge in [-0.3, -0.25) is 4.79 Å². The van der Waals surface area contributed by atoms with Crippen LogP contribution >= 0.6 is 11.3 Å². The average Bonchev–Trinajstić information content (AvgIpc) is 3.13. The third kappa shape index (κ3) is 2.56. The van der Waals surface area contributed by atoms with Crippen molar-refractivity contribution in [1.29, 1.82) is 0 Å². The lowest BCUT2D eigenvalue weighted by atomic mass is 9.95. The monoisotopic (exact) mass is 278 g/mol. The van der Waals surface area contributed by atoms with Gasteiger partial charge in [-0.15, -0.1) is 11.3 Å². The van der Waals surface area contributed by atoms with E-state index in [-0.39, 0.29) is 11.9 Å². The van der Waals surface area contributed by atoms with Crippen molar-refractivity contribution in [3.63, 3.8) is 0 Å². The zero-order chi connectivity index (χ0) is 13.4. The standard InChI is InChI=1S/C15H22N2OS/c1-2-11(16)9-14(18)17-7-5-13-12(6-8-19-13)15(17)10-3-4-10/h6,8,10-11,15H,2-5,7,9,16H2,1H3. The van der Waals surface area contributed by atoms with E-state index >= 15 is 0 Å². The number of carbonyl (C=O) groups excluding carboxylic acids is 1. The van der Waals surface area contributed by atoms with Crippen LogP contribution in [0.2, 0.25) is 0 Å². The normalized spacial score (nSPS) is 24.1. The lowest BCUT2D eigenvalue weighted by Gasteiger charge is -2.37. The third-order valence-electron chi connectivity index (χ3n) is 4.36. The molecule has 2 atom stereocenters. The van der Waals surface area contributed by atoms with E-state index in [4.69, 9.17) is 5.73 Å². The number of nitrogens with zero attached hydrogens (tertiary/aromatic N) is 1. The Bertz CT molecular complexity index is 466. The molecule has 0 aromatic carbocycles. The van der Waals surface area contributed by atoms with Gasteiger partial charge in [-0.05, 0) is 48.6 Å². The minimum absolute atomic E-state index is 0.0104. The lowest BCUT2D eigenvalue weighted by molar-refractivity contribution is -0.135. The molecule has 2 heterocycles. The van der Waals surface area contributed by atoms with Gasteiger partial charge < -0.3 is 10.6 Å². The maximum absolute atomic E-state index is 12.5. The maximum Gasteiger partial charge on any atom is 0.224 e. The zero-order valence-electron chi connectivity index (χ0n) is 11.5. The highest BCUT2D eigenvalue weighted by Crippen LogP contribution is 2.48. The molecule has 1 amide bonds. The zero-order valence-corrected chi connectivity index (χ0v) is 12.3. The molecule has 104 valence electrons. The van der Waals surface area contributed by atoms with E-state index in [1.165, 1.54) is 23.3 Å². The van der Waals surface area contributed by atoms with Crippen molar-refractivity contribution in [3.05, 3.63) is 21.9 Å². The molecule has 1 aliphatic heterocycles. The molecule has 0 saturated heterocycles. The smallest absolute Gasteiger partial charge is 0.224 e. The Labute approximate surface area is 118 Å². The van der Waals surface area contributed by atoms with Gasteiger partial charge in [0.15, 0.2) is 0 Å². The number of amides is 1. The van der Waals surface area contributed by atoms with Crippen LogP contribution in [0.25, 0.3) is 0 Å². The van der Waals surface area contributed by atoms with E-state index in [2.05, 4.69) is 16.3 Å². The van der Waals surface area contributed by atoms with Crippen molar-refractivity contribution in [2.75, 3.05) is 6.54 Å². The Hall–Kier alpha value is -0.870. The maximum atomic E-state index is 12.5. The predicted octanol–water partition coefficient (Wildman–Crippen LogP) is 2.71. The Balaban J connectivity index is 1.79. The molecule has 4 heteroatoms. The molecule has 3 nitrogen and oxygen atoms in total. The molecule has 1 aliphatic carbocycles. The molecule has 1 fully saturated rings. The fourth-order valence-electron chi connectivity index (χ4n) is 3.03. The summed E-state index contributed by atoms with van der Waals surface area (Å²) in [6.07, 6.45) is 4.92. The summed E-state index contributed by atoms with van der Waals surface area (Å²) in [5.41, 5.74) is 7.36. The van der Waals surface area contributed by atoms with Crippen molar-refractivity contribution < 1.29 is 4.79 Å². The van der Waals surface area contributed by atoms with E-state index in [0.29, 0.717) is 18.4 Å². The van der Waals surface area contributed by atoms with Gasteiger partial charge in [-0.2, -0.15) is 0 Å². The Morgan fingerprint density at radius 2 is 2.37 bits per heavy atom. The first-order valence-electron chi connectivity index (χ1n) is 7.32. The molecular weight excluding hydrogens is 256 g/mol. The van der Waals surface area contributed by atoms with Crippen molar-refractivity contribution >= 4 is 17.2 Å². The molecule has 2 aliphatic rings. The highest BCUT2D eigenvalue weighted by molar-refractivity contribution is 7.10. The van der Waals surface area contributed by atoms with Crippen LogP contribution in [0.1, 0.15) is 49.1 Å². The number of carbonyl (C=O) groups is 1. The van der Waals surface area contributed by atoms with Crippen LogP contribution in [-0.4, -0.2) is 23.4 Å². The van der Waals surface area contributed by atoms with Crippen molar-refractivity contribution in [1.82, 2.24) is 4.90 Å². The number of thiophene rings is 1. The summed E-state index contributed by atoms with van der Waals surface area (Å²) in [7, 11) is 0. The summed E-state index contributed by atoms with van der Waals surface area (Å²) >= 11 is 1.84. The van der Waals surface area contributed by atoms with E-state index in [9.17, 15) is 4.79 Å². The molecule has 2 N–H and O–H groups in total. The van der Waals surface area contributed by atoms with Gasteiger partial charge in [-0.1, -0.05) is 6.92 Å². The number of nitrogens with two attached hydrogens (primary N) is 1. The van der Waals surface area contributed by atoms with E-state index < -0.39 is 0 Å². The molecule has 2 unspecified atom stereocenters. The van der Waals surface area contributed by atoms with Crippen LogP contribution in [0.15, 0.2) is 11.4 Å². The first kappa shape index (κ1) is 13.1. The number of hydrogen-bond donors (Lipinski definition) is 1. The molecule has 0 spiro atoms. The van der Waals surface area contributed by atoms with Crippen LogP contribution in [0, 0.1) is 5.92 Å². The van der Waals surface area contributed by atoms with Gasteiger partial charge >= 0.3 is 0 Å². The summed E-state index contributed by atoms with van der Waals surface area (Å²) in [4.78, 5) is 16.1. The summed E-state index contributed by atoms with van der Waals surface area (Å²) in [6.45, 7) is 2.92. The van der Waals surface area contributed by atoms with E-state index in [1.807, 2.05) is 18.3 Å². The minimum atomic E-state index is 0.0104. The van der Waals surface area contributed by atoms with Crippen LogP contribution in [0.5, 0.6) is 0 Å². The summed E-state index contributed by atoms with van der Waals surface area (Å²) in [5, 5.41) is 2.17. The molecule has 3 rings (SSSR count). The number of hydrogen-bond acceptors (Lipinski definition) is 3. The molecule has 1 aromatic heterocycles. The van der Waals surface area contributed by atoms with Crippen molar-refractivity contribution in [3.8, 4) is 0 Å². The number of fused-ring (bicyclic) bond motifs is 1.